The molecule has 0 saturated heterocycles. The van der Waals surface area contributed by atoms with Gasteiger partial charge in [-0.05, 0) is 39.4 Å². The highest BCUT2D eigenvalue weighted by atomic mass is 15.1. The van der Waals surface area contributed by atoms with Crippen molar-refractivity contribution in [2.45, 2.75) is 38.1 Å². The standard InChI is InChI=1S/C15H22N2/c1-5-15(12-16,11-13(2)17(3)4)14-9-7-6-8-10-14/h6-10,13H,5,11H2,1-4H3. The zero-order chi connectivity index (χ0) is 12.9. The van der Waals surface area contributed by atoms with Crippen LogP contribution in [0.3, 0.4) is 0 Å². The maximum absolute atomic E-state index is 9.59. The van der Waals surface area contributed by atoms with E-state index >= 15 is 0 Å². The zero-order valence-electron chi connectivity index (χ0n) is 11.3. The Bertz CT molecular complexity index is 378. The van der Waals surface area contributed by atoms with E-state index in [0.717, 1.165) is 18.4 Å². The van der Waals surface area contributed by atoms with Crippen molar-refractivity contribution in [2.75, 3.05) is 14.1 Å². The molecular formula is C15H22N2. The van der Waals surface area contributed by atoms with Crippen molar-refractivity contribution in [3.05, 3.63) is 35.9 Å². The highest BCUT2D eigenvalue weighted by Gasteiger charge is 2.32. The number of nitrogens with zero attached hydrogens (tertiary/aromatic N) is 2. The summed E-state index contributed by atoms with van der Waals surface area (Å²) in [6.07, 6.45) is 1.72. The van der Waals surface area contributed by atoms with Gasteiger partial charge in [0.25, 0.3) is 0 Å². The van der Waals surface area contributed by atoms with Crippen LogP contribution in [0, 0.1) is 11.3 Å². The summed E-state index contributed by atoms with van der Waals surface area (Å²) in [5, 5.41) is 9.59. The number of hydrogen-bond acceptors (Lipinski definition) is 2. The van der Waals surface area contributed by atoms with Crippen LogP contribution >= 0.6 is 0 Å². The quantitative estimate of drug-likeness (QED) is 0.776. The molecule has 0 aliphatic heterocycles. The van der Waals surface area contributed by atoms with Crippen molar-refractivity contribution in [1.29, 1.82) is 5.26 Å². The molecule has 17 heavy (non-hydrogen) atoms. The first kappa shape index (κ1) is 13.7. The van der Waals surface area contributed by atoms with E-state index in [2.05, 4.69) is 51.0 Å². The summed E-state index contributed by atoms with van der Waals surface area (Å²) in [4.78, 5) is 2.17. The Hall–Kier alpha value is -1.33. The van der Waals surface area contributed by atoms with Crippen molar-refractivity contribution in [2.24, 2.45) is 0 Å². The molecule has 2 atom stereocenters. The minimum Gasteiger partial charge on any atom is -0.307 e. The van der Waals surface area contributed by atoms with Gasteiger partial charge < -0.3 is 4.90 Å². The number of rotatable bonds is 5. The van der Waals surface area contributed by atoms with Crippen LogP contribution in [0.15, 0.2) is 30.3 Å². The Morgan fingerprint density at radius 1 is 1.29 bits per heavy atom. The second kappa shape index (κ2) is 5.84. The summed E-state index contributed by atoms with van der Waals surface area (Å²) in [5.74, 6) is 0. The first-order chi connectivity index (χ1) is 8.05. The molecule has 0 aliphatic rings. The lowest BCUT2D eigenvalue weighted by Crippen LogP contribution is -2.34. The van der Waals surface area contributed by atoms with Crippen LogP contribution in [-0.4, -0.2) is 25.0 Å². The first-order valence-electron chi connectivity index (χ1n) is 6.19. The molecule has 1 aromatic rings. The van der Waals surface area contributed by atoms with Crippen molar-refractivity contribution >= 4 is 0 Å². The van der Waals surface area contributed by atoms with Gasteiger partial charge >= 0.3 is 0 Å². The second-order valence-electron chi connectivity index (χ2n) is 4.93. The van der Waals surface area contributed by atoms with Gasteiger partial charge in [0.1, 0.15) is 0 Å². The van der Waals surface area contributed by atoms with Gasteiger partial charge in [-0.2, -0.15) is 5.26 Å². The summed E-state index contributed by atoms with van der Waals surface area (Å²) in [7, 11) is 4.13. The molecule has 0 heterocycles. The summed E-state index contributed by atoms with van der Waals surface area (Å²) < 4.78 is 0. The van der Waals surface area contributed by atoms with Crippen LogP contribution in [0.1, 0.15) is 32.3 Å². The van der Waals surface area contributed by atoms with E-state index in [9.17, 15) is 5.26 Å². The molecule has 2 nitrogen and oxygen atoms in total. The number of nitriles is 1. The average Bonchev–Trinajstić information content (AvgIpc) is 2.36. The molecular weight excluding hydrogens is 208 g/mol. The molecule has 0 aromatic heterocycles. The molecule has 2 heteroatoms. The normalized spacial score (nSPS) is 16.2. The van der Waals surface area contributed by atoms with Gasteiger partial charge in [-0.3, -0.25) is 0 Å². The third kappa shape index (κ3) is 3.08. The smallest absolute Gasteiger partial charge is 0.0834 e. The van der Waals surface area contributed by atoms with Gasteiger partial charge in [0, 0.05) is 6.04 Å². The van der Waals surface area contributed by atoms with Crippen LogP contribution in [0.25, 0.3) is 0 Å². The summed E-state index contributed by atoms with van der Waals surface area (Å²) in [5.41, 5.74) is 0.781. The zero-order valence-corrected chi connectivity index (χ0v) is 11.3. The topological polar surface area (TPSA) is 27.0 Å². The van der Waals surface area contributed by atoms with E-state index in [1.807, 2.05) is 18.2 Å². The maximum Gasteiger partial charge on any atom is 0.0834 e. The molecule has 0 fully saturated rings. The molecule has 1 rings (SSSR count). The lowest BCUT2D eigenvalue weighted by molar-refractivity contribution is 0.259. The summed E-state index contributed by atoms with van der Waals surface area (Å²) in [6.45, 7) is 4.27. The Kier molecular flexibility index (Phi) is 4.72. The molecule has 0 spiro atoms. The molecule has 0 amide bonds. The van der Waals surface area contributed by atoms with Crippen molar-refractivity contribution in [1.82, 2.24) is 4.90 Å². The molecule has 0 saturated carbocycles. The van der Waals surface area contributed by atoms with Crippen molar-refractivity contribution < 1.29 is 0 Å². The number of hydrogen-bond donors (Lipinski definition) is 0. The maximum atomic E-state index is 9.59. The van der Waals surface area contributed by atoms with Crippen molar-refractivity contribution in [3.63, 3.8) is 0 Å². The minimum atomic E-state index is -0.356. The Morgan fingerprint density at radius 3 is 2.29 bits per heavy atom. The first-order valence-corrected chi connectivity index (χ1v) is 6.19. The van der Waals surface area contributed by atoms with E-state index in [0.29, 0.717) is 6.04 Å². The second-order valence-corrected chi connectivity index (χ2v) is 4.93. The van der Waals surface area contributed by atoms with E-state index in [1.165, 1.54) is 0 Å². The van der Waals surface area contributed by atoms with Gasteiger partial charge in [-0.25, -0.2) is 0 Å². The van der Waals surface area contributed by atoms with Gasteiger partial charge in [0.15, 0.2) is 0 Å². The fourth-order valence-electron chi connectivity index (χ4n) is 2.10. The monoisotopic (exact) mass is 230 g/mol. The van der Waals surface area contributed by atoms with E-state index in [-0.39, 0.29) is 5.41 Å². The molecule has 0 aliphatic carbocycles. The Morgan fingerprint density at radius 2 is 1.88 bits per heavy atom. The van der Waals surface area contributed by atoms with Gasteiger partial charge in [0.05, 0.1) is 11.5 Å². The summed E-state index contributed by atoms with van der Waals surface area (Å²) in [6, 6.07) is 13.1. The minimum absolute atomic E-state index is 0.356. The Labute approximate surface area is 105 Å². The van der Waals surface area contributed by atoms with Crippen LogP contribution in [0.2, 0.25) is 0 Å². The lowest BCUT2D eigenvalue weighted by Gasteiger charge is -2.31. The highest BCUT2D eigenvalue weighted by Crippen LogP contribution is 2.33. The van der Waals surface area contributed by atoms with E-state index in [4.69, 9.17) is 0 Å². The van der Waals surface area contributed by atoms with E-state index < -0.39 is 0 Å². The van der Waals surface area contributed by atoms with Crippen LogP contribution < -0.4 is 0 Å². The fourth-order valence-corrected chi connectivity index (χ4v) is 2.10. The fraction of sp³-hybridized carbons (Fsp3) is 0.533. The van der Waals surface area contributed by atoms with Gasteiger partial charge in [-0.1, -0.05) is 37.3 Å². The van der Waals surface area contributed by atoms with E-state index in [1.54, 1.807) is 0 Å². The average molecular weight is 230 g/mol. The Balaban J connectivity index is 3.03. The van der Waals surface area contributed by atoms with Crippen LogP contribution in [0.4, 0.5) is 0 Å². The SMILES string of the molecule is CCC(C#N)(CC(C)N(C)C)c1ccccc1. The number of benzene rings is 1. The molecule has 1 aromatic carbocycles. The third-order valence-corrected chi connectivity index (χ3v) is 3.67. The van der Waals surface area contributed by atoms with Crippen molar-refractivity contribution in [3.8, 4) is 6.07 Å². The molecule has 0 N–H and O–H groups in total. The molecule has 0 bridgehead atoms. The highest BCUT2D eigenvalue weighted by molar-refractivity contribution is 5.32. The predicted octanol–water partition coefficient (Wildman–Crippen LogP) is 3.20. The van der Waals surface area contributed by atoms with Gasteiger partial charge in [0.2, 0.25) is 0 Å². The third-order valence-electron chi connectivity index (χ3n) is 3.67. The lowest BCUT2D eigenvalue weighted by atomic mass is 9.75. The molecule has 92 valence electrons. The summed E-state index contributed by atoms with van der Waals surface area (Å²) >= 11 is 0. The van der Waals surface area contributed by atoms with Crippen LogP contribution in [0.5, 0.6) is 0 Å². The van der Waals surface area contributed by atoms with Crippen LogP contribution in [-0.2, 0) is 5.41 Å². The largest absolute Gasteiger partial charge is 0.307 e. The van der Waals surface area contributed by atoms with Gasteiger partial charge in [-0.15, -0.1) is 0 Å². The molecule has 2 unspecified atom stereocenters. The predicted molar refractivity (Wildman–Crippen MR) is 71.8 cm³/mol. The molecule has 0 radical (unpaired) electrons.